The second-order valence-electron chi connectivity index (χ2n) is 3.23. The van der Waals surface area contributed by atoms with Crippen molar-refractivity contribution in [1.29, 1.82) is 0 Å². The highest BCUT2D eigenvalue weighted by Gasteiger charge is 1.94. The lowest BCUT2D eigenvalue weighted by Gasteiger charge is -2.03. The first kappa shape index (κ1) is 14.1. The topological polar surface area (TPSA) is 55.1 Å². The molecule has 0 aliphatic rings. The van der Waals surface area contributed by atoms with Crippen LogP contribution in [0.4, 0.5) is 0 Å². The van der Waals surface area contributed by atoms with Gasteiger partial charge in [0.25, 0.3) is 0 Å². The molecule has 4 heteroatoms. The molecule has 1 amide bonds. The van der Waals surface area contributed by atoms with Crippen LogP contribution in [0, 0.1) is 0 Å². The zero-order valence-corrected chi connectivity index (χ0v) is 10.3. The quantitative estimate of drug-likeness (QED) is 0.774. The smallest absolute Gasteiger partial charge is 0.217 e. The Morgan fingerprint density at radius 1 is 1.27 bits per heavy atom. The highest BCUT2D eigenvalue weighted by molar-refractivity contribution is 8.93. The lowest BCUT2D eigenvalue weighted by Crippen LogP contribution is -2.18. The Labute approximate surface area is 101 Å². The molecule has 0 saturated carbocycles. The van der Waals surface area contributed by atoms with E-state index in [0.717, 1.165) is 19.5 Å². The second-order valence-corrected chi connectivity index (χ2v) is 3.23. The molecule has 0 heterocycles. The van der Waals surface area contributed by atoms with Gasteiger partial charge in [0.15, 0.2) is 0 Å². The molecule has 0 radical (unpaired) electrons. The van der Waals surface area contributed by atoms with Crippen molar-refractivity contribution in [2.75, 3.05) is 6.54 Å². The van der Waals surface area contributed by atoms with Crippen molar-refractivity contribution in [2.45, 2.75) is 19.4 Å². The van der Waals surface area contributed by atoms with Crippen molar-refractivity contribution < 1.29 is 4.79 Å². The van der Waals surface area contributed by atoms with E-state index >= 15 is 0 Å². The third-order valence-electron chi connectivity index (χ3n) is 1.95. The number of benzene rings is 1. The van der Waals surface area contributed by atoms with E-state index in [-0.39, 0.29) is 22.9 Å². The summed E-state index contributed by atoms with van der Waals surface area (Å²) in [7, 11) is 0. The van der Waals surface area contributed by atoms with Crippen molar-refractivity contribution in [2.24, 2.45) is 5.73 Å². The molecule has 0 saturated heterocycles. The number of carbonyl (C=O) groups excluding carboxylic acids is 1. The Morgan fingerprint density at radius 3 is 2.53 bits per heavy atom. The average molecular weight is 273 g/mol. The van der Waals surface area contributed by atoms with Crippen molar-refractivity contribution in [3.05, 3.63) is 35.9 Å². The molecule has 1 aromatic rings. The Hall–Kier alpha value is -0.870. The molecule has 0 fully saturated rings. The first-order valence-corrected chi connectivity index (χ1v) is 4.82. The standard InChI is InChI=1S/C11H16N2O.BrH/c12-11(14)7-4-8-13-9-10-5-2-1-3-6-10;/h1-3,5-6,13H,4,7-9H2,(H2,12,14);1H. The maximum Gasteiger partial charge on any atom is 0.217 e. The molecule has 0 bridgehead atoms. The number of halogens is 1. The van der Waals surface area contributed by atoms with Crippen LogP contribution in [-0.4, -0.2) is 12.5 Å². The number of hydrogen-bond acceptors (Lipinski definition) is 2. The second kappa shape index (κ2) is 8.44. The maximum absolute atomic E-state index is 10.4. The zero-order valence-electron chi connectivity index (χ0n) is 8.61. The highest BCUT2D eigenvalue weighted by atomic mass is 79.9. The Balaban J connectivity index is 0.00000196. The molecule has 1 aromatic carbocycles. The van der Waals surface area contributed by atoms with Crippen molar-refractivity contribution in [3.63, 3.8) is 0 Å². The van der Waals surface area contributed by atoms with E-state index in [2.05, 4.69) is 17.4 Å². The van der Waals surface area contributed by atoms with Gasteiger partial charge in [0.05, 0.1) is 0 Å². The third-order valence-corrected chi connectivity index (χ3v) is 1.95. The van der Waals surface area contributed by atoms with E-state index in [1.807, 2.05) is 18.2 Å². The van der Waals surface area contributed by atoms with E-state index in [9.17, 15) is 4.79 Å². The number of primary amides is 1. The molecule has 0 unspecified atom stereocenters. The lowest BCUT2D eigenvalue weighted by atomic mass is 10.2. The minimum atomic E-state index is -0.230. The first-order chi connectivity index (χ1) is 6.79. The molecular weight excluding hydrogens is 256 g/mol. The van der Waals surface area contributed by atoms with Crippen molar-refractivity contribution >= 4 is 22.9 Å². The van der Waals surface area contributed by atoms with E-state index in [1.165, 1.54) is 5.56 Å². The summed E-state index contributed by atoms with van der Waals surface area (Å²) in [5, 5.41) is 3.25. The molecule has 3 nitrogen and oxygen atoms in total. The molecular formula is C11H17BrN2O. The molecule has 0 aromatic heterocycles. The summed E-state index contributed by atoms with van der Waals surface area (Å²) in [6.07, 6.45) is 1.27. The summed E-state index contributed by atoms with van der Waals surface area (Å²) in [4.78, 5) is 10.4. The van der Waals surface area contributed by atoms with Crippen LogP contribution in [0.2, 0.25) is 0 Å². The van der Waals surface area contributed by atoms with Crippen LogP contribution in [0.1, 0.15) is 18.4 Å². The first-order valence-electron chi connectivity index (χ1n) is 4.82. The van der Waals surface area contributed by atoms with Gasteiger partial charge in [-0.2, -0.15) is 0 Å². The van der Waals surface area contributed by atoms with Gasteiger partial charge in [0.1, 0.15) is 0 Å². The molecule has 0 aliphatic heterocycles. The number of nitrogens with two attached hydrogens (primary N) is 1. The van der Waals surface area contributed by atoms with E-state index < -0.39 is 0 Å². The summed E-state index contributed by atoms with van der Waals surface area (Å²) in [6.45, 7) is 1.68. The zero-order chi connectivity index (χ0) is 10.2. The third kappa shape index (κ3) is 7.11. The van der Waals surface area contributed by atoms with Crippen LogP contribution in [0.5, 0.6) is 0 Å². The summed E-state index contributed by atoms with van der Waals surface area (Å²) in [5.74, 6) is -0.230. The maximum atomic E-state index is 10.4. The normalized spacial score (nSPS) is 9.33. The van der Waals surface area contributed by atoms with Gasteiger partial charge < -0.3 is 11.1 Å². The number of hydrogen-bond donors (Lipinski definition) is 2. The predicted octanol–water partition coefficient (Wildman–Crippen LogP) is 1.62. The summed E-state index contributed by atoms with van der Waals surface area (Å²) < 4.78 is 0. The fraction of sp³-hybridized carbons (Fsp3) is 0.364. The SMILES string of the molecule is Br.NC(=O)CCCNCc1ccccc1. The number of amides is 1. The van der Waals surface area contributed by atoms with Crippen LogP contribution < -0.4 is 11.1 Å². The minimum Gasteiger partial charge on any atom is -0.370 e. The fourth-order valence-corrected chi connectivity index (χ4v) is 1.22. The van der Waals surface area contributed by atoms with Crippen molar-refractivity contribution in [3.8, 4) is 0 Å². The van der Waals surface area contributed by atoms with E-state index in [4.69, 9.17) is 5.73 Å². The predicted molar refractivity (Wildman–Crippen MR) is 66.9 cm³/mol. The van der Waals surface area contributed by atoms with Crippen molar-refractivity contribution in [1.82, 2.24) is 5.32 Å². The van der Waals surface area contributed by atoms with Gasteiger partial charge in [-0.1, -0.05) is 30.3 Å². The van der Waals surface area contributed by atoms with Gasteiger partial charge in [-0.25, -0.2) is 0 Å². The van der Waals surface area contributed by atoms with Gasteiger partial charge in [-0.15, -0.1) is 17.0 Å². The van der Waals surface area contributed by atoms with Gasteiger partial charge in [-0.3, -0.25) is 4.79 Å². The average Bonchev–Trinajstić information content (AvgIpc) is 2.18. The van der Waals surface area contributed by atoms with Crippen LogP contribution in [0.15, 0.2) is 30.3 Å². The Bertz CT molecular complexity index is 277. The summed E-state index contributed by atoms with van der Waals surface area (Å²) >= 11 is 0. The van der Waals surface area contributed by atoms with Gasteiger partial charge >= 0.3 is 0 Å². The number of rotatable bonds is 6. The van der Waals surface area contributed by atoms with Gasteiger partial charge in [-0.05, 0) is 18.5 Å². The van der Waals surface area contributed by atoms with Crippen LogP contribution in [-0.2, 0) is 11.3 Å². The Kier molecular flexibility index (Phi) is 7.95. The number of carbonyl (C=O) groups is 1. The molecule has 0 aliphatic carbocycles. The fourth-order valence-electron chi connectivity index (χ4n) is 1.22. The molecule has 1 rings (SSSR count). The molecule has 0 atom stereocenters. The highest BCUT2D eigenvalue weighted by Crippen LogP contribution is 1.97. The summed E-state index contributed by atoms with van der Waals surface area (Å²) in [5.41, 5.74) is 6.28. The van der Waals surface area contributed by atoms with Crippen LogP contribution in [0.3, 0.4) is 0 Å². The van der Waals surface area contributed by atoms with E-state index in [1.54, 1.807) is 0 Å². The molecule has 84 valence electrons. The Morgan fingerprint density at radius 2 is 1.93 bits per heavy atom. The largest absolute Gasteiger partial charge is 0.370 e. The molecule has 3 N–H and O–H groups in total. The summed E-state index contributed by atoms with van der Waals surface area (Å²) in [6, 6.07) is 10.2. The van der Waals surface area contributed by atoms with Crippen LogP contribution in [0.25, 0.3) is 0 Å². The number of nitrogens with one attached hydrogen (secondary N) is 1. The lowest BCUT2D eigenvalue weighted by molar-refractivity contribution is -0.118. The van der Waals surface area contributed by atoms with Gasteiger partial charge in [0.2, 0.25) is 5.91 Å². The molecule has 15 heavy (non-hydrogen) atoms. The molecule has 0 spiro atoms. The minimum absolute atomic E-state index is 0. The monoisotopic (exact) mass is 272 g/mol. The van der Waals surface area contributed by atoms with Crippen LogP contribution >= 0.6 is 17.0 Å². The van der Waals surface area contributed by atoms with Gasteiger partial charge in [0, 0.05) is 13.0 Å². The van der Waals surface area contributed by atoms with E-state index in [0.29, 0.717) is 6.42 Å².